The number of aryl methyl sites for hydroxylation is 1. The molecule has 0 spiro atoms. The van der Waals surface area contributed by atoms with Crippen molar-refractivity contribution in [3.05, 3.63) is 60.9 Å². The highest BCUT2D eigenvalue weighted by Crippen LogP contribution is 2.18. The van der Waals surface area contributed by atoms with E-state index in [0.717, 1.165) is 6.07 Å². The van der Waals surface area contributed by atoms with Crippen molar-refractivity contribution < 1.29 is 8.78 Å². The second-order valence-corrected chi connectivity index (χ2v) is 4.41. The number of H-pyrrole nitrogens is 1. The van der Waals surface area contributed by atoms with Crippen LogP contribution < -0.4 is 11.2 Å². The van der Waals surface area contributed by atoms with Crippen LogP contribution in [0.3, 0.4) is 0 Å². The Labute approximate surface area is 111 Å². The highest BCUT2D eigenvalue weighted by molar-refractivity contribution is 6.30. The molecule has 1 N–H and O–H groups in total. The van der Waals surface area contributed by atoms with Crippen molar-refractivity contribution in [2.75, 3.05) is 0 Å². The maximum absolute atomic E-state index is 14.0. The van der Waals surface area contributed by atoms with Crippen LogP contribution >= 0.6 is 11.6 Å². The fraction of sp³-hybridized carbons (Fsp3) is 0.167. The SMILES string of the molecule is Cc1ccc(F)c(-n2c(=O)[nH]c(Cl)c(C)c2=O)c1F. The number of rotatable bonds is 1. The first-order chi connectivity index (χ1) is 8.84. The number of benzene rings is 1. The number of aromatic nitrogens is 2. The molecule has 1 aromatic heterocycles. The lowest BCUT2D eigenvalue weighted by molar-refractivity contribution is 0.556. The first-order valence-corrected chi connectivity index (χ1v) is 5.68. The number of nitrogens with one attached hydrogen (secondary N) is 1. The highest BCUT2D eigenvalue weighted by Gasteiger charge is 2.19. The fourth-order valence-electron chi connectivity index (χ4n) is 1.65. The molecule has 1 heterocycles. The monoisotopic (exact) mass is 286 g/mol. The molecule has 0 aliphatic rings. The summed E-state index contributed by atoms with van der Waals surface area (Å²) in [6.45, 7) is 2.75. The van der Waals surface area contributed by atoms with Gasteiger partial charge < -0.3 is 0 Å². The maximum atomic E-state index is 14.0. The minimum absolute atomic E-state index is 0.00146. The average molecular weight is 287 g/mol. The van der Waals surface area contributed by atoms with Crippen LogP contribution in [-0.4, -0.2) is 9.55 Å². The third-order valence-corrected chi connectivity index (χ3v) is 3.13. The second kappa shape index (κ2) is 4.62. The zero-order chi connectivity index (χ0) is 14.3. The molecule has 1 aromatic carbocycles. The smallest absolute Gasteiger partial charge is 0.297 e. The van der Waals surface area contributed by atoms with Gasteiger partial charge in [0.1, 0.15) is 10.8 Å². The van der Waals surface area contributed by atoms with Crippen molar-refractivity contribution >= 4 is 11.6 Å². The van der Waals surface area contributed by atoms with Crippen molar-refractivity contribution in [1.29, 1.82) is 0 Å². The van der Waals surface area contributed by atoms with Gasteiger partial charge in [-0.15, -0.1) is 0 Å². The van der Waals surface area contributed by atoms with Crippen LogP contribution in [0, 0.1) is 25.5 Å². The number of hydrogen-bond acceptors (Lipinski definition) is 2. The summed E-state index contributed by atoms with van der Waals surface area (Å²) in [7, 11) is 0. The molecule has 7 heteroatoms. The molecule has 2 aromatic rings. The molecular weight excluding hydrogens is 278 g/mol. The number of nitrogens with zero attached hydrogens (tertiary/aromatic N) is 1. The summed E-state index contributed by atoms with van der Waals surface area (Å²) in [4.78, 5) is 25.8. The molecule has 0 unspecified atom stereocenters. The van der Waals surface area contributed by atoms with E-state index in [-0.39, 0.29) is 16.3 Å². The van der Waals surface area contributed by atoms with Gasteiger partial charge in [-0.2, -0.15) is 0 Å². The van der Waals surface area contributed by atoms with Crippen LogP contribution in [0.15, 0.2) is 21.7 Å². The molecule has 2 rings (SSSR count). The third-order valence-electron chi connectivity index (χ3n) is 2.76. The minimum Gasteiger partial charge on any atom is -0.297 e. The van der Waals surface area contributed by atoms with Gasteiger partial charge in [-0.3, -0.25) is 9.78 Å². The fourth-order valence-corrected chi connectivity index (χ4v) is 1.81. The first kappa shape index (κ1) is 13.5. The number of hydrogen-bond donors (Lipinski definition) is 1. The summed E-state index contributed by atoms with van der Waals surface area (Å²) in [5, 5.41) is -0.153. The maximum Gasteiger partial charge on any atom is 0.334 e. The van der Waals surface area contributed by atoms with Gasteiger partial charge in [0.05, 0.1) is 5.56 Å². The van der Waals surface area contributed by atoms with E-state index in [9.17, 15) is 18.4 Å². The Morgan fingerprint density at radius 3 is 2.47 bits per heavy atom. The Kier molecular flexibility index (Phi) is 3.28. The summed E-state index contributed by atoms with van der Waals surface area (Å²) in [5.74, 6) is -1.97. The van der Waals surface area contributed by atoms with E-state index in [4.69, 9.17) is 11.6 Å². The molecule has 0 bridgehead atoms. The van der Waals surface area contributed by atoms with Gasteiger partial charge in [-0.1, -0.05) is 17.7 Å². The largest absolute Gasteiger partial charge is 0.334 e. The van der Waals surface area contributed by atoms with Crippen LogP contribution in [0.1, 0.15) is 11.1 Å². The van der Waals surface area contributed by atoms with Crippen LogP contribution in [0.4, 0.5) is 8.78 Å². The molecule has 0 saturated carbocycles. The molecule has 0 atom stereocenters. The topological polar surface area (TPSA) is 54.9 Å². The van der Waals surface area contributed by atoms with Crippen molar-refractivity contribution in [3.8, 4) is 5.69 Å². The lowest BCUT2D eigenvalue weighted by Gasteiger charge is -2.10. The summed E-state index contributed by atoms with van der Waals surface area (Å²) >= 11 is 5.63. The van der Waals surface area contributed by atoms with E-state index in [1.165, 1.54) is 19.9 Å². The summed E-state index contributed by atoms with van der Waals surface area (Å²) in [6.07, 6.45) is 0. The van der Waals surface area contributed by atoms with Gasteiger partial charge in [0.15, 0.2) is 11.6 Å². The van der Waals surface area contributed by atoms with Crippen LogP contribution in [0.25, 0.3) is 5.69 Å². The molecule has 100 valence electrons. The highest BCUT2D eigenvalue weighted by atomic mass is 35.5. The van der Waals surface area contributed by atoms with E-state index in [2.05, 4.69) is 4.98 Å². The first-order valence-electron chi connectivity index (χ1n) is 5.31. The van der Waals surface area contributed by atoms with Crippen molar-refractivity contribution in [1.82, 2.24) is 9.55 Å². The third kappa shape index (κ3) is 2.08. The van der Waals surface area contributed by atoms with Crippen molar-refractivity contribution in [3.63, 3.8) is 0 Å². The summed E-state index contributed by atoms with van der Waals surface area (Å²) in [5.41, 5.74) is -2.44. The Hall–Kier alpha value is -1.95. The number of halogens is 3. The van der Waals surface area contributed by atoms with Crippen LogP contribution in [0.5, 0.6) is 0 Å². The molecule has 0 fully saturated rings. The molecule has 0 saturated heterocycles. The van der Waals surface area contributed by atoms with Gasteiger partial charge in [-0.05, 0) is 25.5 Å². The number of aromatic amines is 1. The molecule has 0 amide bonds. The predicted octanol–water partition coefficient (Wildman–Crippen LogP) is 2.07. The Bertz CT molecular complexity index is 781. The zero-order valence-corrected chi connectivity index (χ0v) is 10.8. The lowest BCUT2D eigenvalue weighted by Crippen LogP contribution is -2.36. The van der Waals surface area contributed by atoms with E-state index in [0.29, 0.717) is 4.57 Å². The minimum atomic E-state index is -1.00. The Balaban J connectivity index is 2.97. The second-order valence-electron chi connectivity index (χ2n) is 4.04. The quantitative estimate of drug-likeness (QED) is 0.816. The summed E-state index contributed by atoms with van der Waals surface area (Å²) in [6, 6.07) is 2.21. The Morgan fingerprint density at radius 1 is 1.21 bits per heavy atom. The molecule has 0 aliphatic carbocycles. The van der Waals surface area contributed by atoms with Gasteiger partial charge in [0.2, 0.25) is 0 Å². The predicted molar refractivity (Wildman–Crippen MR) is 67.1 cm³/mol. The van der Waals surface area contributed by atoms with Crippen LogP contribution in [-0.2, 0) is 0 Å². The average Bonchev–Trinajstić information content (AvgIpc) is 2.35. The van der Waals surface area contributed by atoms with E-state index in [1.807, 2.05) is 0 Å². The molecule has 0 radical (unpaired) electrons. The standard InChI is InChI=1S/C12H9ClF2N2O2/c1-5-3-4-7(14)9(8(5)15)17-11(18)6(2)10(13)16-12(17)19/h3-4H,1-2H3,(H,16,19). The lowest BCUT2D eigenvalue weighted by atomic mass is 10.2. The van der Waals surface area contributed by atoms with Gasteiger partial charge in [0, 0.05) is 0 Å². The van der Waals surface area contributed by atoms with Crippen molar-refractivity contribution in [2.45, 2.75) is 13.8 Å². The van der Waals surface area contributed by atoms with Crippen molar-refractivity contribution in [2.24, 2.45) is 0 Å². The van der Waals surface area contributed by atoms with Gasteiger partial charge in [0.25, 0.3) is 5.56 Å². The van der Waals surface area contributed by atoms with Crippen LogP contribution in [0.2, 0.25) is 5.15 Å². The summed E-state index contributed by atoms with van der Waals surface area (Å²) < 4.78 is 28.1. The normalized spacial score (nSPS) is 10.8. The zero-order valence-electron chi connectivity index (χ0n) is 10.1. The van der Waals surface area contributed by atoms with Gasteiger partial charge in [-0.25, -0.2) is 18.1 Å². The molecular formula is C12H9ClF2N2O2. The van der Waals surface area contributed by atoms with Gasteiger partial charge >= 0.3 is 5.69 Å². The molecule has 19 heavy (non-hydrogen) atoms. The molecule has 0 aliphatic heterocycles. The molecule has 4 nitrogen and oxygen atoms in total. The van der Waals surface area contributed by atoms with E-state index in [1.54, 1.807) is 0 Å². The van der Waals surface area contributed by atoms with E-state index < -0.39 is 28.6 Å². The van der Waals surface area contributed by atoms with E-state index >= 15 is 0 Å². The Morgan fingerprint density at radius 2 is 1.84 bits per heavy atom.